The summed E-state index contributed by atoms with van der Waals surface area (Å²) in [4.78, 5) is 39.2. The van der Waals surface area contributed by atoms with Crippen LogP contribution in [0.4, 0.5) is 0 Å². The van der Waals surface area contributed by atoms with Crippen LogP contribution in [0.2, 0.25) is 0 Å². The Kier molecular flexibility index (Phi) is 8.03. The van der Waals surface area contributed by atoms with E-state index in [0.717, 1.165) is 31.4 Å². The first-order valence-electron chi connectivity index (χ1n) is 10.1. The van der Waals surface area contributed by atoms with Gasteiger partial charge in [0.15, 0.2) is 6.61 Å². The smallest absolute Gasteiger partial charge is 0.329 e. The number of benzene rings is 1. The quantitative estimate of drug-likeness (QED) is 0.625. The van der Waals surface area contributed by atoms with Gasteiger partial charge >= 0.3 is 5.97 Å². The van der Waals surface area contributed by atoms with Crippen molar-refractivity contribution < 1.29 is 19.1 Å². The van der Waals surface area contributed by atoms with E-state index in [0.29, 0.717) is 18.0 Å². The van der Waals surface area contributed by atoms with Crippen LogP contribution in [0, 0.1) is 18.8 Å². The number of carbonyl (C=O) groups is 3. The van der Waals surface area contributed by atoms with Gasteiger partial charge in [0, 0.05) is 18.7 Å². The van der Waals surface area contributed by atoms with Crippen molar-refractivity contribution >= 4 is 17.8 Å². The molecule has 1 N–H and O–H groups in total. The molecule has 0 aliphatic heterocycles. The summed E-state index contributed by atoms with van der Waals surface area (Å²) in [6.45, 7) is 8.76. The van der Waals surface area contributed by atoms with Gasteiger partial charge in [-0.2, -0.15) is 0 Å². The molecule has 154 valence electrons. The minimum absolute atomic E-state index is 0.157. The Morgan fingerprint density at radius 3 is 2.36 bits per heavy atom. The Hall–Kier alpha value is -2.37. The number of ether oxygens (including phenoxy) is 1. The maximum atomic E-state index is 12.5. The van der Waals surface area contributed by atoms with Crippen LogP contribution in [-0.2, 0) is 14.3 Å². The fraction of sp³-hybridized carbons (Fsp3) is 0.591. The normalized spacial score (nSPS) is 14.5. The summed E-state index contributed by atoms with van der Waals surface area (Å²) in [5.41, 5.74) is 1.54. The third kappa shape index (κ3) is 6.66. The molecule has 1 saturated carbocycles. The van der Waals surface area contributed by atoms with E-state index in [1.165, 1.54) is 0 Å². The van der Waals surface area contributed by atoms with Crippen molar-refractivity contribution in [2.24, 2.45) is 11.8 Å². The number of carbonyl (C=O) groups excluding carboxylic acids is 3. The minimum Gasteiger partial charge on any atom is -0.454 e. The SMILES string of the molecule is CCCN(CC1CC1)C(=O)COC(=O)C(NC(=O)c1ccc(C)cc1)C(C)C. The van der Waals surface area contributed by atoms with Gasteiger partial charge in [0.2, 0.25) is 0 Å². The molecule has 0 aromatic heterocycles. The van der Waals surface area contributed by atoms with Crippen molar-refractivity contribution in [3.8, 4) is 0 Å². The molecule has 2 amide bonds. The van der Waals surface area contributed by atoms with Gasteiger partial charge in [-0.1, -0.05) is 38.5 Å². The van der Waals surface area contributed by atoms with Crippen molar-refractivity contribution in [2.75, 3.05) is 19.7 Å². The lowest BCUT2D eigenvalue weighted by molar-refractivity contribution is -0.154. The van der Waals surface area contributed by atoms with Crippen molar-refractivity contribution in [2.45, 2.75) is 53.0 Å². The molecular weight excluding hydrogens is 356 g/mol. The van der Waals surface area contributed by atoms with Crippen LogP contribution in [0.1, 0.15) is 56.0 Å². The molecule has 1 aromatic carbocycles. The molecule has 0 spiro atoms. The first kappa shape index (κ1) is 21.9. The summed E-state index contributed by atoms with van der Waals surface area (Å²) in [5.74, 6) is -0.650. The number of nitrogens with one attached hydrogen (secondary N) is 1. The molecule has 1 unspecified atom stereocenters. The molecule has 0 radical (unpaired) electrons. The number of aryl methyl sites for hydroxylation is 1. The monoisotopic (exact) mass is 388 g/mol. The van der Waals surface area contributed by atoms with E-state index >= 15 is 0 Å². The Bertz CT molecular complexity index is 680. The van der Waals surface area contributed by atoms with Crippen LogP contribution in [0.25, 0.3) is 0 Å². The first-order valence-corrected chi connectivity index (χ1v) is 10.1. The van der Waals surface area contributed by atoms with E-state index in [-0.39, 0.29) is 24.3 Å². The highest BCUT2D eigenvalue weighted by Crippen LogP contribution is 2.29. The molecule has 6 nitrogen and oxygen atoms in total. The van der Waals surface area contributed by atoms with Gasteiger partial charge in [-0.25, -0.2) is 4.79 Å². The average Bonchev–Trinajstić information content (AvgIpc) is 3.47. The molecule has 1 atom stereocenters. The fourth-order valence-electron chi connectivity index (χ4n) is 2.94. The Morgan fingerprint density at radius 2 is 1.82 bits per heavy atom. The minimum atomic E-state index is -0.801. The van der Waals surface area contributed by atoms with Gasteiger partial charge < -0.3 is 15.0 Å². The third-order valence-corrected chi connectivity index (χ3v) is 4.88. The maximum Gasteiger partial charge on any atom is 0.329 e. The number of hydrogen-bond acceptors (Lipinski definition) is 4. The number of esters is 1. The van der Waals surface area contributed by atoms with Gasteiger partial charge in [0.25, 0.3) is 11.8 Å². The van der Waals surface area contributed by atoms with Gasteiger partial charge in [-0.3, -0.25) is 9.59 Å². The highest BCUT2D eigenvalue weighted by Gasteiger charge is 2.29. The fourth-order valence-corrected chi connectivity index (χ4v) is 2.94. The van der Waals surface area contributed by atoms with Gasteiger partial charge in [0.05, 0.1) is 0 Å². The van der Waals surface area contributed by atoms with Crippen LogP contribution >= 0.6 is 0 Å². The Balaban J connectivity index is 1.91. The molecule has 0 bridgehead atoms. The molecule has 1 aromatic rings. The number of nitrogens with zero attached hydrogens (tertiary/aromatic N) is 1. The van der Waals surface area contributed by atoms with Gasteiger partial charge in [-0.15, -0.1) is 0 Å². The lowest BCUT2D eigenvalue weighted by atomic mass is 10.0. The van der Waals surface area contributed by atoms with Crippen molar-refractivity contribution in [3.05, 3.63) is 35.4 Å². The first-order chi connectivity index (χ1) is 13.3. The molecule has 1 fully saturated rings. The summed E-state index contributed by atoms with van der Waals surface area (Å²) in [5, 5.41) is 2.73. The maximum absolute atomic E-state index is 12.5. The van der Waals surface area contributed by atoms with Crippen LogP contribution in [0.3, 0.4) is 0 Å². The third-order valence-electron chi connectivity index (χ3n) is 4.88. The van der Waals surface area contributed by atoms with Crippen LogP contribution < -0.4 is 5.32 Å². The molecule has 6 heteroatoms. The molecule has 28 heavy (non-hydrogen) atoms. The highest BCUT2D eigenvalue weighted by molar-refractivity contribution is 5.97. The van der Waals surface area contributed by atoms with Crippen LogP contribution in [0.15, 0.2) is 24.3 Å². The van der Waals surface area contributed by atoms with Gasteiger partial charge in [-0.05, 0) is 50.2 Å². The van der Waals surface area contributed by atoms with Crippen molar-refractivity contribution in [1.29, 1.82) is 0 Å². The zero-order valence-electron chi connectivity index (χ0n) is 17.4. The van der Waals surface area contributed by atoms with Crippen molar-refractivity contribution in [3.63, 3.8) is 0 Å². The highest BCUT2D eigenvalue weighted by atomic mass is 16.5. The van der Waals surface area contributed by atoms with E-state index in [2.05, 4.69) is 5.32 Å². The van der Waals surface area contributed by atoms with Crippen LogP contribution in [0.5, 0.6) is 0 Å². The second-order valence-corrected chi connectivity index (χ2v) is 7.95. The van der Waals surface area contributed by atoms with Gasteiger partial charge in [0.1, 0.15) is 6.04 Å². The topological polar surface area (TPSA) is 75.7 Å². The Labute approximate surface area is 167 Å². The second kappa shape index (κ2) is 10.2. The Morgan fingerprint density at radius 1 is 1.18 bits per heavy atom. The second-order valence-electron chi connectivity index (χ2n) is 7.95. The number of rotatable bonds is 10. The van der Waals surface area contributed by atoms with Crippen molar-refractivity contribution in [1.82, 2.24) is 10.2 Å². The average molecular weight is 389 g/mol. The zero-order chi connectivity index (χ0) is 20.7. The summed E-state index contributed by atoms with van der Waals surface area (Å²) < 4.78 is 5.27. The molecule has 1 aliphatic rings. The lowest BCUT2D eigenvalue weighted by Gasteiger charge is -2.24. The summed E-state index contributed by atoms with van der Waals surface area (Å²) >= 11 is 0. The lowest BCUT2D eigenvalue weighted by Crippen LogP contribution is -2.46. The largest absolute Gasteiger partial charge is 0.454 e. The molecular formula is C22H32N2O4. The summed E-state index contributed by atoms with van der Waals surface area (Å²) in [6.07, 6.45) is 3.19. The standard InChI is InChI=1S/C22H32N2O4/c1-5-12-24(13-17-8-9-17)19(25)14-28-22(27)20(15(2)3)23-21(26)18-10-6-16(4)7-11-18/h6-7,10-11,15,17,20H,5,8-9,12-14H2,1-4H3,(H,23,26). The van der Waals surface area contributed by atoms with E-state index in [4.69, 9.17) is 4.74 Å². The zero-order valence-corrected chi connectivity index (χ0v) is 17.4. The summed E-state index contributed by atoms with van der Waals surface area (Å²) in [7, 11) is 0. The molecule has 2 rings (SSSR count). The van der Waals surface area contributed by atoms with E-state index < -0.39 is 12.0 Å². The van der Waals surface area contributed by atoms with E-state index in [1.54, 1.807) is 17.0 Å². The number of hydrogen-bond donors (Lipinski definition) is 1. The predicted molar refractivity (Wildman–Crippen MR) is 108 cm³/mol. The molecule has 0 heterocycles. The van der Waals surface area contributed by atoms with Crippen LogP contribution in [-0.4, -0.2) is 48.4 Å². The summed E-state index contributed by atoms with van der Waals surface area (Å²) in [6, 6.07) is 6.33. The molecule has 0 saturated heterocycles. The number of amides is 2. The van der Waals surface area contributed by atoms with E-state index in [1.807, 2.05) is 39.8 Å². The molecule has 1 aliphatic carbocycles. The van der Waals surface area contributed by atoms with E-state index in [9.17, 15) is 14.4 Å². The predicted octanol–water partition coefficient (Wildman–Crippen LogP) is 2.94.